The fourth-order valence-corrected chi connectivity index (χ4v) is 6.08. The van der Waals surface area contributed by atoms with Gasteiger partial charge in [-0.05, 0) is 71.6 Å². The van der Waals surface area contributed by atoms with Gasteiger partial charge in [0.15, 0.2) is 5.78 Å². The largest absolute Gasteiger partial charge is 0.361 e. The van der Waals surface area contributed by atoms with Crippen molar-refractivity contribution >= 4 is 34.7 Å². The predicted octanol–water partition coefficient (Wildman–Crippen LogP) is 6.41. The lowest BCUT2D eigenvalue weighted by Crippen LogP contribution is -2.29. The van der Waals surface area contributed by atoms with E-state index in [9.17, 15) is 14.4 Å². The predicted molar refractivity (Wildman–Crippen MR) is 181 cm³/mol. The number of aryl methyl sites for hydroxylation is 1. The summed E-state index contributed by atoms with van der Waals surface area (Å²) >= 11 is 0. The molecule has 3 aliphatic rings. The molecule has 0 spiro atoms. The average molecular weight is 610 g/mol. The molecule has 0 saturated heterocycles. The highest BCUT2D eigenvalue weighted by atomic mass is 16.2. The Morgan fingerprint density at radius 2 is 1.22 bits per heavy atom. The summed E-state index contributed by atoms with van der Waals surface area (Å²) in [5, 5.41) is 0. The number of Topliss-reactive ketones (excluding diaryl/α,β-unsaturated/α-hetero) is 1. The van der Waals surface area contributed by atoms with Crippen LogP contribution < -0.4 is 14.7 Å². The zero-order valence-corrected chi connectivity index (χ0v) is 26.0. The van der Waals surface area contributed by atoms with Crippen molar-refractivity contribution in [3.63, 3.8) is 0 Å². The van der Waals surface area contributed by atoms with Crippen LogP contribution in [0.5, 0.6) is 0 Å². The first-order valence-corrected chi connectivity index (χ1v) is 15.5. The highest BCUT2D eigenvalue weighted by Gasteiger charge is 2.37. The number of rotatable bonds is 9. The monoisotopic (exact) mass is 609 g/mol. The maximum absolute atomic E-state index is 13.5. The molecule has 0 fully saturated rings. The fourth-order valence-electron chi connectivity index (χ4n) is 6.08. The van der Waals surface area contributed by atoms with E-state index in [1.165, 1.54) is 16.0 Å². The second-order valence-corrected chi connectivity index (χ2v) is 12.0. The average Bonchev–Trinajstić information content (AvgIpc) is 3.80. The molecule has 7 rings (SSSR count). The molecule has 3 heterocycles. The van der Waals surface area contributed by atoms with Gasteiger partial charge >= 0.3 is 0 Å². The van der Waals surface area contributed by atoms with Crippen molar-refractivity contribution in [2.75, 3.05) is 35.1 Å². The van der Waals surface area contributed by atoms with Crippen molar-refractivity contribution in [1.82, 2.24) is 9.80 Å². The Balaban J connectivity index is 0.991. The number of benzene rings is 4. The molecule has 0 bridgehead atoms. The summed E-state index contributed by atoms with van der Waals surface area (Å²) in [6, 6.07) is 28.8. The first-order valence-electron chi connectivity index (χ1n) is 15.5. The summed E-state index contributed by atoms with van der Waals surface area (Å²) in [5.74, 6) is -0.910. The lowest BCUT2D eigenvalue weighted by molar-refractivity contribution is 0.0925. The van der Waals surface area contributed by atoms with Gasteiger partial charge in [-0.1, -0.05) is 49.4 Å². The van der Waals surface area contributed by atoms with Crippen LogP contribution in [0.2, 0.25) is 0 Å². The number of hydrogen-bond acceptors (Lipinski definition) is 7. The molecule has 0 atom stereocenters. The number of ketones is 1. The van der Waals surface area contributed by atoms with E-state index in [1.54, 1.807) is 30.3 Å². The van der Waals surface area contributed by atoms with E-state index in [2.05, 4.69) is 57.0 Å². The van der Waals surface area contributed by atoms with Gasteiger partial charge in [0.2, 0.25) is 0 Å². The normalized spacial score (nSPS) is 15.5. The van der Waals surface area contributed by atoms with Gasteiger partial charge in [-0.25, -0.2) is 4.90 Å². The van der Waals surface area contributed by atoms with Gasteiger partial charge in [0.1, 0.15) is 0 Å². The van der Waals surface area contributed by atoms with Crippen molar-refractivity contribution in [3.8, 4) is 0 Å². The van der Waals surface area contributed by atoms with Crippen LogP contribution in [0.15, 0.2) is 116 Å². The number of hydrogen-bond donors (Lipinski definition) is 0. The van der Waals surface area contributed by atoms with Crippen LogP contribution in [0.4, 0.5) is 17.1 Å². The Kier molecular flexibility index (Phi) is 7.62. The third-order valence-electron chi connectivity index (χ3n) is 8.77. The van der Waals surface area contributed by atoms with Crippen LogP contribution in [0, 0.1) is 0 Å². The quantitative estimate of drug-likeness (QED) is 0.161. The first kappa shape index (κ1) is 29.1. The third-order valence-corrected chi connectivity index (χ3v) is 8.77. The standard InChI is InChI=1S/C38H35N5O3/c1-3-27-4-6-29(7-5-27)24-40-19-21-42(26-40)32-13-15-33(16-14-32)43-37(45)34-17-10-30(23-35(34)38(43)46)36(44)22-28-8-11-31(12-9-28)41-20-18-39(2)25-41/h4-21,23H,3,22,24-26H2,1-2H3. The highest BCUT2D eigenvalue weighted by molar-refractivity contribution is 6.34. The first-order chi connectivity index (χ1) is 22.4. The Bertz CT molecular complexity index is 1860. The van der Waals surface area contributed by atoms with Crippen molar-refractivity contribution in [2.24, 2.45) is 0 Å². The molecule has 0 aromatic heterocycles. The molecule has 0 saturated carbocycles. The molecular formula is C38H35N5O3. The Hall–Kier alpha value is -5.63. The number of carbonyl (C=O) groups excluding carboxylic acids is 3. The summed E-state index contributed by atoms with van der Waals surface area (Å²) < 4.78 is 0. The van der Waals surface area contributed by atoms with Crippen molar-refractivity contribution < 1.29 is 14.4 Å². The minimum Gasteiger partial charge on any atom is -0.361 e. The summed E-state index contributed by atoms with van der Waals surface area (Å²) in [4.78, 5) is 49.8. The molecule has 4 aromatic rings. The number of amides is 2. The van der Waals surface area contributed by atoms with Crippen LogP contribution in [0.25, 0.3) is 0 Å². The van der Waals surface area contributed by atoms with Gasteiger partial charge < -0.3 is 19.6 Å². The zero-order chi connectivity index (χ0) is 31.8. The second kappa shape index (κ2) is 12.0. The topological polar surface area (TPSA) is 67.4 Å². The van der Waals surface area contributed by atoms with Crippen LogP contribution in [-0.2, 0) is 19.4 Å². The van der Waals surface area contributed by atoms with Gasteiger partial charge in [-0.3, -0.25) is 14.4 Å². The zero-order valence-electron chi connectivity index (χ0n) is 26.0. The maximum atomic E-state index is 13.5. The molecule has 2 amide bonds. The smallest absolute Gasteiger partial charge is 0.266 e. The van der Waals surface area contributed by atoms with Gasteiger partial charge in [0, 0.05) is 61.8 Å². The van der Waals surface area contributed by atoms with Crippen LogP contribution in [0.1, 0.15) is 54.7 Å². The lowest BCUT2D eigenvalue weighted by atomic mass is 9.99. The Morgan fingerprint density at radius 1 is 0.630 bits per heavy atom. The summed E-state index contributed by atoms with van der Waals surface area (Å²) in [7, 11) is 2.02. The SMILES string of the molecule is CCc1ccc(CN2C=CN(c3ccc(N4C(=O)c5ccc(C(=O)Cc6ccc(N7C=CN(C)C7)cc6)cc5C4=O)cc3)C2)cc1. The van der Waals surface area contributed by atoms with Gasteiger partial charge in [0.25, 0.3) is 11.8 Å². The van der Waals surface area contributed by atoms with Gasteiger partial charge in [0.05, 0.1) is 30.2 Å². The fraction of sp³-hybridized carbons (Fsp3) is 0.184. The van der Waals surface area contributed by atoms with E-state index in [0.29, 0.717) is 23.5 Å². The van der Waals surface area contributed by atoms with Crippen LogP contribution in [0.3, 0.4) is 0 Å². The minimum absolute atomic E-state index is 0.106. The molecule has 0 aliphatic carbocycles. The van der Waals surface area contributed by atoms with Crippen molar-refractivity contribution in [3.05, 3.63) is 149 Å². The number of imide groups is 1. The molecule has 8 nitrogen and oxygen atoms in total. The number of nitrogens with zero attached hydrogens (tertiary/aromatic N) is 5. The molecule has 0 unspecified atom stereocenters. The minimum atomic E-state index is -0.420. The Labute approximate surface area is 269 Å². The molecule has 230 valence electrons. The summed E-state index contributed by atoms with van der Waals surface area (Å²) in [5.41, 5.74) is 6.97. The maximum Gasteiger partial charge on any atom is 0.266 e. The van der Waals surface area contributed by atoms with E-state index in [1.807, 2.05) is 62.0 Å². The van der Waals surface area contributed by atoms with E-state index in [4.69, 9.17) is 0 Å². The highest BCUT2D eigenvalue weighted by Crippen LogP contribution is 2.32. The number of carbonyl (C=O) groups is 3. The Morgan fingerprint density at radius 3 is 1.89 bits per heavy atom. The molecule has 0 radical (unpaired) electrons. The molecule has 4 aromatic carbocycles. The molecule has 0 N–H and O–H groups in total. The molecular weight excluding hydrogens is 574 g/mol. The van der Waals surface area contributed by atoms with E-state index >= 15 is 0 Å². The van der Waals surface area contributed by atoms with Crippen molar-refractivity contribution in [2.45, 2.75) is 26.3 Å². The summed E-state index contributed by atoms with van der Waals surface area (Å²) in [6.45, 7) is 4.46. The van der Waals surface area contributed by atoms with E-state index in [0.717, 1.165) is 36.6 Å². The van der Waals surface area contributed by atoms with Crippen LogP contribution >= 0.6 is 0 Å². The molecule has 46 heavy (non-hydrogen) atoms. The van der Waals surface area contributed by atoms with Gasteiger partial charge in [-0.2, -0.15) is 0 Å². The van der Waals surface area contributed by atoms with Crippen molar-refractivity contribution in [1.29, 1.82) is 0 Å². The molecule has 8 heteroatoms. The summed E-state index contributed by atoms with van der Waals surface area (Å²) in [6.07, 6.45) is 9.38. The van der Waals surface area contributed by atoms with E-state index < -0.39 is 5.91 Å². The van der Waals surface area contributed by atoms with Gasteiger partial charge in [-0.15, -0.1) is 0 Å². The number of anilines is 3. The second-order valence-electron chi connectivity index (χ2n) is 12.0. The lowest BCUT2D eigenvalue weighted by Gasteiger charge is -2.22. The third kappa shape index (κ3) is 5.65. The van der Waals surface area contributed by atoms with Crippen LogP contribution in [-0.4, -0.2) is 47.8 Å². The number of fused-ring (bicyclic) bond motifs is 1. The molecule has 3 aliphatic heterocycles. The van der Waals surface area contributed by atoms with E-state index in [-0.39, 0.29) is 23.7 Å².